The van der Waals surface area contributed by atoms with Crippen molar-refractivity contribution >= 4 is 21.4 Å². The van der Waals surface area contributed by atoms with Crippen molar-refractivity contribution in [3.8, 4) is 0 Å². The van der Waals surface area contributed by atoms with E-state index in [2.05, 4.69) is 15.0 Å². The first-order valence-electron chi connectivity index (χ1n) is 6.53. The first-order chi connectivity index (χ1) is 9.83. The Balaban J connectivity index is 2.18. The van der Waals surface area contributed by atoms with Crippen LogP contribution in [0, 0.1) is 13.8 Å². The van der Waals surface area contributed by atoms with Gasteiger partial charge in [-0.2, -0.15) is 0 Å². The SMILES string of the molecule is CNCc1ccc(S(=O)(=O)NC(C)c2sc(C)nc2C)o1. The van der Waals surface area contributed by atoms with E-state index in [9.17, 15) is 8.42 Å². The third-order valence-corrected chi connectivity index (χ3v) is 5.59. The van der Waals surface area contributed by atoms with Crippen molar-refractivity contribution in [2.24, 2.45) is 0 Å². The lowest BCUT2D eigenvalue weighted by molar-refractivity contribution is 0.403. The Hall–Kier alpha value is -1.22. The quantitative estimate of drug-likeness (QED) is 0.848. The molecule has 6 nitrogen and oxygen atoms in total. The van der Waals surface area contributed by atoms with Gasteiger partial charge in [0.2, 0.25) is 5.09 Å². The summed E-state index contributed by atoms with van der Waals surface area (Å²) in [4.78, 5) is 5.23. The Morgan fingerprint density at radius 2 is 2.10 bits per heavy atom. The van der Waals surface area contributed by atoms with Crippen molar-refractivity contribution in [1.82, 2.24) is 15.0 Å². The average molecular weight is 329 g/mol. The van der Waals surface area contributed by atoms with Crippen molar-refractivity contribution < 1.29 is 12.8 Å². The molecule has 2 rings (SSSR count). The van der Waals surface area contributed by atoms with E-state index in [4.69, 9.17) is 4.42 Å². The number of sulfonamides is 1. The monoisotopic (exact) mass is 329 g/mol. The van der Waals surface area contributed by atoms with Gasteiger partial charge in [-0.25, -0.2) is 18.1 Å². The molecule has 2 aromatic heterocycles. The van der Waals surface area contributed by atoms with Crippen molar-refractivity contribution in [2.45, 2.75) is 38.5 Å². The van der Waals surface area contributed by atoms with Crippen molar-refractivity contribution in [3.05, 3.63) is 33.5 Å². The lowest BCUT2D eigenvalue weighted by Gasteiger charge is -2.11. The molecule has 0 fully saturated rings. The highest BCUT2D eigenvalue weighted by Gasteiger charge is 2.24. The molecule has 116 valence electrons. The van der Waals surface area contributed by atoms with Gasteiger partial charge in [-0.05, 0) is 40.0 Å². The number of hydrogen-bond acceptors (Lipinski definition) is 6. The maximum absolute atomic E-state index is 12.3. The van der Waals surface area contributed by atoms with Gasteiger partial charge in [0.05, 0.1) is 23.3 Å². The molecule has 1 atom stereocenters. The van der Waals surface area contributed by atoms with Crippen LogP contribution >= 0.6 is 11.3 Å². The largest absolute Gasteiger partial charge is 0.447 e. The van der Waals surface area contributed by atoms with Crippen LogP contribution in [-0.4, -0.2) is 20.4 Å². The second kappa shape index (κ2) is 6.27. The van der Waals surface area contributed by atoms with Crippen LogP contribution in [0.2, 0.25) is 0 Å². The molecular weight excluding hydrogens is 310 g/mol. The lowest BCUT2D eigenvalue weighted by Crippen LogP contribution is -2.26. The molecule has 0 aliphatic rings. The first kappa shape index (κ1) is 16.2. The van der Waals surface area contributed by atoms with Crippen LogP contribution in [0.4, 0.5) is 0 Å². The highest BCUT2D eigenvalue weighted by molar-refractivity contribution is 7.89. The molecule has 2 N–H and O–H groups in total. The van der Waals surface area contributed by atoms with Gasteiger partial charge in [0.25, 0.3) is 10.0 Å². The zero-order valence-electron chi connectivity index (χ0n) is 12.4. The van der Waals surface area contributed by atoms with Gasteiger partial charge in [0.1, 0.15) is 5.76 Å². The molecule has 0 aliphatic heterocycles. The van der Waals surface area contributed by atoms with Gasteiger partial charge >= 0.3 is 0 Å². The highest BCUT2D eigenvalue weighted by Crippen LogP contribution is 2.26. The molecule has 21 heavy (non-hydrogen) atoms. The number of thiazole rings is 1. The molecule has 0 spiro atoms. The van der Waals surface area contributed by atoms with Crippen LogP contribution in [0.25, 0.3) is 0 Å². The molecule has 2 heterocycles. The summed E-state index contributed by atoms with van der Waals surface area (Å²) >= 11 is 1.49. The van der Waals surface area contributed by atoms with Crippen LogP contribution in [0.3, 0.4) is 0 Å². The van der Waals surface area contributed by atoms with Crippen LogP contribution in [0.1, 0.15) is 34.3 Å². The molecule has 2 aromatic rings. The van der Waals surface area contributed by atoms with E-state index in [1.165, 1.54) is 17.4 Å². The number of rotatable bonds is 6. The third-order valence-electron chi connectivity index (χ3n) is 2.92. The number of hydrogen-bond donors (Lipinski definition) is 2. The maximum atomic E-state index is 12.3. The Labute approximate surface area is 128 Å². The van der Waals surface area contributed by atoms with E-state index in [0.29, 0.717) is 12.3 Å². The maximum Gasteiger partial charge on any atom is 0.274 e. The summed E-state index contributed by atoms with van der Waals surface area (Å²) in [6.45, 7) is 6.06. The van der Waals surface area contributed by atoms with E-state index < -0.39 is 10.0 Å². The normalized spacial score (nSPS) is 13.5. The average Bonchev–Trinajstić information content (AvgIpc) is 2.96. The predicted molar refractivity (Wildman–Crippen MR) is 81.8 cm³/mol. The van der Waals surface area contributed by atoms with Gasteiger partial charge < -0.3 is 9.73 Å². The molecule has 0 amide bonds. The summed E-state index contributed by atoms with van der Waals surface area (Å²) in [6, 6.07) is 2.77. The van der Waals surface area contributed by atoms with Crippen LogP contribution < -0.4 is 10.0 Å². The van der Waals surface area contributed by atoms with Crippen molar-refractivity contribution in [2.75, 3.05) is 7.05 Å². The first-order valence-corrected chi connectivity index (χ1v) is 8.83. The molecule has 0 aliphatic carbocycles. The summed E-state index contributed by atoms with van der Waals surface area (Å²) in [5.41, 5.74) is 0.850. The third kappa shape index (κ3) is 3.70. The summed E-state index contributed by atoms with van der Waals surface area (Å²) in [5, 5.41) is 3.76. The molecule has 0 saturated heterocycles. The highest BCUT2D eigenvalue weighted by atomic mass is 32.2. The van der Waals surface area contributed by atoms with E-state index in [1.807, 2.05) is 13.8 Å². The number of aromatic nitrogens is 1. The summed E-state index contributed by atoms with van der Waals surface area (Å²) < 4.78 is 32.6. The van der Waals surface area contributed by atoms with Gasteiger partial charge in [0, 0.05) is 4.88 Å². The molecule has 0 saturated carbocycles. The molecule has 0 radical (unpaired) electrons. The molecule has 1 unspecified atom stereocenters. The summed E-state index contributed by atoms with van der Waals surface area (Å²) in [7, 11) is -1.91. The minimum absolute atomic E-state index is 0.0708. The van der Waals surface area contributed by atoms with Crippen molar-refractivity contribution in [3.63, 3.8) is 0 Å². The molecular formula is C13H19N3O3S2. The summed E-state index contributed by atoms with van der Waals surface area (Å²) in [5.74, 6) is 0.579. The molecule has 0 bridgehead atoms. The van der Waals surface area contributed by atoms with E-state index >= 15 is 0 Å². The fraction of sp³-hybridized carbons (Fsp3) is 0.462. The Bertz CT molecular complexity index is 719. The summed E-state index contributed by atoms with van der Waals surface area (Å²) in [6.07, 6.45) is 0. The van der Waals surface area contributed by atoms with Crippen molar-refractivity contribution in [1.29, 1.82) is 0 Å². The number of furan rings is 1. The second-order valence-corrected chi connectivity index (χ2v) is 7.66. The number of nitrogens with zero attached hydrogens (tertiary/aromatic N) is 1. The number of nitrogens with one attached hydrogen (secondary N) is 2. The Kier molecular flexibility index (Phi) is 4.82. The Morgan fingerprint density at radius 3 is 2.67 bits per heavy atom. The molecule has 0 aromatic carbocycles. The zero-order valence-corrected chi connectivity index (χ0v) is 14.1. The zero-order chi connectivity index (χ0) is 15.6. The standard InChI is InChI=1S/C13H19N3O3S2/c1-8-13(20-10(3)15-8)9(2)16-21(17,18)12-6-5-11(19-12)7-14-4/h5-6,9,14,16H,7H2,1-4H3. The lowest BCUT2D eigenvalue weighted by atomic mass is 10.2. The van der Waals surface area contributed by atoms with E-state index in [-0.39, 0.29) is 11.1 Å². The fourth-order valence-electron chi connectivity index (χ4n) is 2.07. The topological polar surface area (TPSA) is 84.2 Å². The predicted octanol–water partition coefficient (Wildman–Crippen LogP) is 2.11. The van der Waals surface area contributed by atoms with Crippen LogP contribution in [-0.2, 0) is 16.6 Å². The number of aryl methyl sites for hydroxylation is 2. The smallest absolute Gasteiger partial charge is 0.274 e. The van der Waals surface area contributed by atoms with Crippen LogP contribution in [0.15, 0.2) is 21.6 Å². The molecule has 8 heteroatoms. The van der Waals surface area contributed by atoms with E-state index in [0.717, 1.165) is 15.6 Å². The minimum atomic E-state index is -3.68. The fourth-order valence-corrected chi connectivity index (χ4v) is 4.23. The Morgan fingerprint density at radius 1 is 1.38 bits per heavy atom. The van der Waals surface area contributed by atoms with E-state index in [1.54, 1.807) is 20.0 Å². The minimum Gasteiger partial charge on any atom is -0.447 e. The van der Waals surface area contributed by atoms with Gasteiger partial charge in [-0.1, -0.05) is 0 Å². The second-order valence-electron chi connectivity index (χ2n) is 4.78. The van der Waals surface area contributed by atoms with Crippen LogP contribution in [0.5, 0.6) is 0 Å². The van der Waals surface area contributed by atoms with Gasteiger partial charge in [0.15, 0.2) is 0 Å². The van der Waals surface area contributed by atoms with Gasteiger partial charge in [-0.15, -0.1) is 11.3 Å². The van der Waals surface area contributed by atoms with Gasteiger partial charge in [-0.3, -0.25) is 0 Å².